The van der Waals surface area contributed by atoms with E-state index in [-0.39, 0.29) is 16.8 Å². The molecule has 1 aliphatic carbocycles. The van der Waals surface area contributed by atoms with Gasteiger partial charge in [-0.1, -0.05) is 36.0 Å². The second kappa shape index (κ2) is 13.7. The molecule has 4 rings (SSSR count). The van der Waals surface area contributed by atoms with Crippen molar-refractivity contribution in [3.05, 3.63) is 50.7 Å². The average Bonchev–Trinajstić information content (AvgIpc) is 2.94. The molecule has 2 aromatic rings. The minimum atomic E-state index is -1.37. The highest BCUT2D eigenvalue weighted by atomic mass is 35.5. The number of nitriles is 1. The van der Waals surface area contributed by atoms with Gasteiger partial charge in [0.05, 0.1) is 5.56 Å². The van der Waals surface area contributed by atoms with Crippen molar-refractivity contribution in [2.24, 2.45) is 0 Å². The Bertz CT molecular complexity index is 1530. The quantitative estimate of drug-likeness (QED) is 0.241. The zero-order valence-electron chi connectivity index (χ0n) is 24.1. The fourth-order valence-corrected chi connectivity index (χ4v) is 6.13. The van der Waals surface area contributed by atoms with E-state index in [4.69, 9.17) is 47.5 Å². The number of fused-ring (bicyclic) bond motifs is 1. The summed E-state index contributed by atoms with van der Waals surface area (Å²) in [6, 6.07) is 9.35. The number of ether oxygens (including phenoxy) is 5. The van der Waals surface area contributed by atoms with Gasteiger partial charge in [0.15, 0.2) is 24.5 Å². The number of aromatic nitrogens is 1. The fourth-order valence-electron chi connectivity index (χ4n) is 5.65. The van der Waals surface area contributed by atoms with E-state index in [2.05, 4.69) is 6.07 Å². The summed E-state index contributed by atoms with van der Waals surface area (Å²) in [5, 5.41) is 10.9. The summed E-state index contributed by atoms with van der Waals surface area (Å²) in [7, 11) is 0. The van der Waals surface area contributed by atoms with Crippen molar-refractivity contribution in [1.82, 2.24) is 4.57 Å². The molecule has 43 heavy (non-hydrogen) atoms. The third kappa shape index (κ3) is 7.06. The van der Waals surface area contributed by atoms with Gasteiger partial charge in [0.2, 0.25) is 0 Å². The maximum absolute atomic E-state index is 12.4. The van der Waals surface area contributed by atoms with E-state index in [1.165, 1.54) is 13.8 Å². The normalized spacial score (nSPS) is 22.8. The number of hydrogen-bond donors (Lipinski definition) is 0. The molecule has 0 N–H and O–H groups in total. The van der Waals surface area contributed by atoms with Gasteiger partial charge in [0, 0.05) is 44.0 Å². The minimum absolute atomic E-state index is 0.106. The van der Waals surface area contributed by atoms with Gasteiger partial charge < -0.3 is 28.3 Å². The summed E-state index contributed by atoms with van der Waals surface area (Å²) in [5.41, 5.74) is 3.26. The third-order valence-corrected chi connectivity index (χ3v) is 7.83. The van der Waals surface area contributed by atoms with Crippen molar-refractivity contribution in [1.29, 1.82) is 5.26 Å². The number of esters is 4. The molecule has 0 amide bonds. The molecule has 1 aromatic carbocycles. The van der Waals surface area contributed by atoms with Crippen LogP contribution in [0.25, 0.3) is 11.1 Å². The summed E-state index contributed by atoms with van der Waals surface area (Å²) in [4.78, 5) is 48.6. The van der Waals surface area contributed by atoms with Crippen LogP contribution in [0.5, 0.6) is 0 Å². The Kier molecular flexibility index (Phi) is 10.2. The Balaban J connectivity index is 1.99. The van der Waals surface area contributed by atoms with E-state index in [0.717, 1.165) is 43.5 Å². The standard InChI is InChI=1S/C30H31ClN2O9S/c1-15(34)38-14-24-26(39-16(2)35)27(40-17(3)36)28(41-18(4)37)29(42-24)33-23-8-6-5-7-21(23)25(22(13-32)30(33)43)19-9-11-20(31)12-10-19/h9-12,24,26-29H,5-8,14H2,1-4H3/t24-,26-,27-,28-,29+/m0/s1. The van der Waals surface area contributed by atoms with Crippen LogP contribution in [0.3, 0.4) is 0 Å². The lowest BCUT2D eigenvalue weighted by atomic mass is 9.86. The van der Waals surface area contributed by atoms with Crippen molar-refractivity contribution < 1.29 is 42.9 Å². The molecule has 5 atom stereocenters. The Morgan fingerprint density at radius 2 is 1.51 bits per heavy atom. The lowest BCUT2D eigenvalue weighted by Gasteiger charge is -2.46. The first-order chi connectivity index (χ1) is 20.4. The molecule has 0 bridgehead atoms. The molecule has 1 fully saturated rings. The smallest absolute Gasteiger partial charge is 0.303 e. The molecule has 2 aliphatic rings. The molecule has 0 radical (unpaired) electrons. The summed E-state index contributed by atoms with van der Waals surface area (Å²) in [6.07, 6.45) is -3.59. The summed E-state index contributed by atoms with van der Waals surface area (Å²) < 4.78 is 30.2. The van der Waals surface area contributed by atoms with Crippen LogP contribution in [0.2, 0.25) is 5.02 Å². The molecule has 11 nitrogen and oxygen atoms in total. The van der Waals surface area contributed by atoms with Gasteiger partial charge >= 0.3 is 23.9 Å². The first kappa shape index (κ1) is 32.1. The van der Waals surface area contributed by atoms with E-state index in [1.54, 1.807) is 16.7 Å². The fraction of sp³-hybridized carbons (Fsp3) is 0.467. The lowest BCUT2D eigenvalue weighted by Crippen LogP contribution is -2.61. The topological polar surface area (TPSA) is 143 Å². The highest BCUT2D eigenvalue weighted by Gasteiger charge is 2.53. The zero-order valence-corrected chi connectivity index (χ0v) is 25.7. The number of hydrogen-bond acceptors (Lipinski definition) is 11. The van der Waals surface area contributed by atoms with E-state index in [0.29, 0.717) is 23.4 Å². The van der Waals surface area contributed by atoms with Crippen LogP contribution >= 0.6 is 23.8 Å². The monoisotopic (exact) mass is 630 g/mol. The Morgan fingerprint density at radius 1 is 0.930 bits per heavy atom. The number of halogens is 1. The second-order valence-electron chi connectivity index (χ2n) is 10.3. The summed E-state index contributed by atoms with van der Waals surface area (Å²) >= 11 is 12.1. The summed E-state index contributed by atoms with van der Waals surface area (Å²) in [6.45, 7) is 4.31. The first-order valence-corrected chi connectivity index (χ1v) is 14.5. The van der Waals surface area contributed by atoms with Gasteiger partial charge in [-0.3, -0.25) is 19.2 Å². The van der Waals surface area contributed by atoms with Crippen LogP contribution in [0.15, 0.2) is 24.3 Å². The number of rotatable bonds is 7. The number of carbonyl (C=O) groups is 4. The van der Waals surface area contributed by atoms with E-state index < -0.39 is 54.5 Å². The van der Waals surface area contributed by atoms with Crippen LogP contribution in [0, 0.1) is 16.0 Å². The third-order valence-electron chi connectivity index (χ3n) is 7.18. The predicted molar refractivity (Wildman–Crippen MR) is 154 cm³/mol. The Hall–Kier alpha value is -3.79. The van der Waals surface area contributed by atoms with Crippen LogP contribution in [0.4, 0.5) is 0 Å². The molecule has 1 aliphatic heterocycles. The minimum Gasteiger partial charge on any atom is -0.463 e. The van der Waals surface area contributed by atoms with Crippen molar-refractivity contribution in [2.45, 2.75) is 84.0 Å². The molecular formula is C30H31ClN2O9S. The van der Waals surface area contributed by atoms with Gasteiger partial charge in [-0.25, -0.2) is 0 Å². The van der Waals surface area contributed by atoms with Crippen molar-refractivity contribution in [3.8, 4) is 17.2 Å². The predicted octanol–water partition coefficient (Wildman–Crippen LogP) is 4.54. The van der Waals surface area contributed by atoms with Gasteiger partial charge in [-0.2, -0.15) is 5.26 Å². The van der Waals surface area contributed by atoms with Crippen molar-refractivity contribution in [3.63, 3.8) is 0 Å². The molecule has 0 saturated carbocycles. The zero-order chi connectivity index (χ0) is 31.4. The molecule has 228 valence electrons. The average molecular weight is 631 g/mol. The van der Waals surface area contributed by atoms with E-state index in [9.17, 15) is 24.4 Å². The first-order valence-electron chi connectivity index (χ1n) is 13.7. The van der Waals surface area contributed by atoms with Crippen LogP contribution < -0.4 is 0 Å². The number of carbonyl (C=O) groups excluding carboxylic acids is 4. The van der Waals surface area contributed by atoms with Gasteiger partial charge in [-0.05, 0) is 48.9 Å². The molecule has 0 spiro atoms. The summed E-state index contributed by atoms with van der Waals surface area (Å²) in [5.74, 6) is -2.82. The Labute approximate surface area is 258 Å². The molecule has 1 aromatic heterocycles. The molecule has 1 saturated heterocycles. The van der Waals surface area contributed by atoms with Gasteiger partial charge in [-0.15, -0.1) is 0 Å². The van der Waals surface area contributed by atoms with Crippen molar-refractivity contribution >= 4 is 47.7 Å². The SMILES string of the molecule is CC(=O)OC[C@@H]1O[C@@H](n2c3c(c(-c4ccc(Cl)cc4)c(C#N)c2=S)CCCC3)[C@@H](OC(C)=O)[C@@H](OC(C)=O)[C@H]1OC(C)=O. The number of pyridine rings is 1. The second-order valence-corrected chi connectivity index (χ2v) is 11.1. The highest BCUT2D eigenvalue weighted by molar-refractivity contribution is 7.71. The van der Waals surface area contributed by atoms with Crippen LogP contribution in [-0.2, 0) is 55.7 Å². The van der Waals surface area contributed by atoms with Crippen LogP contribution in [-0.4, -0.2) is 59.5 Å². The largest absolute Gasteiger partial charge is 0.463 e. The van der Waals surface area contributed by atoms with E-state index in [1.807, 2.05) is 12.1 Å². The molecule has 0 unspecified atom stereocenters. The van der Waals surface area contributed by atoms with Gasteiger partial charge in [0.25, 0.3) is 0 Å². The van der Waals surface area contributed by atoms with Gasteiger partial charge in [0.1, 0.15) is 23.4 Å². The lowest BCUT2D eigenvalue weighted by molar-refractivity contribution is -0.269. The molecule has 13 heteroatoms. The van der Waals surface area contributed by atoms with E-state index >= 15 is 0 Å². The van der Waals surface area contributed by atoms with Crippen LogP contribution in [0.1, 0.15) is 63.6 Å². The highest BCUT2D eigenvalue weighted by Crippen LogP contribution is 2.41. The maximum Gasteiger partial charge on any atom is 0.303 e. The molecule has 2 heterocycles. The molecular weight excluding hydrogens is 600 g/mol. The van der Waals surface area contributed by atoms with Crippen molar-refractivity contribution in [2.75, 3.05) is 6.61 Å². The Morgan fingerprint density at radius 3 is 2.09 bits per heavy atom. The maximum atomic E-state index is 12.4. The number of nitrogens with zero attached hydrogens (tertiary/aromatic N) is 2. The number of benzene rings is 1.